The van der Waals surface area contributed by atoms with Crippen molar-refractivity contribution in [2.45, 2.75) is 26.5 Å². The van der Waals surface area contributed by atoms with E-state index in [1.165, 1.54) is 0 Å². The standard InChI is InChI=1S/C18H12N2O2S2/c1-11-7-8-15-12(10-11)20-17-13(4-2-6-16(17)24(15,21)22)23-14-5-3-9-19-18(14)20/h2-10H,1H3. The van der Waals surface area contributed by atoms with Gasteiger partial charge in [0.15, 0.2) is 5.82 Å². The van der Waals surface area contributed by atoms with E-state index in [0.717, 1.165) is 21.2 Å². The topological polar surface area (TPSA) is 50.3 Å². The van der Waals surface area contributed by atoms with Crippen molar-refractivity contribution in [1.29, 1.82) is 0 Å². The van der Waals surface area contributed by atoms with Crippen LogP contribution in [0.3, 0.4) is 0 Å². The number of sulfone groups is 1. The molecule has 0 spiro atoms. The molecule has 0 bridgehead atoms. The maximum absolute atomic E-state index is 13.1. The normalized spacial score (nSPS) is 16.1. The highest BCUT2D eigenvalue weighted by atomic mass is 32.2. The number of aryl methyl sites for hydroxylation is 1. The highest BCUT2D eigenvalue weighted by molar-refractivity contribution is 8.00. The Balaban J connectivity index is 1.96. The van der Waals surface area contributed by atoms with Crippen LogP contribution >= 0.6 is 11.8 Å². The fourth-order valence-corrected chi connectivity index (χ4v) is 6.01. The predicted octanol–water partition coefficient (Wildman–Crippen LogP) is 4.47. The van der Waals surface area contributed by atoms with Crippen molar-refractivity contribution in [2.75, 3.05) is 4.90 Å². The molecule has 1 aromatic heterocycles. The van der Waals surface area contributed by atoms with Crippen LogP contribution < -0.4 is 4.90 Å². The van der Waals surface area contributed by atoms with Gasteiger partial charge in [0.1, 0.15) is 0 Å². The molecule has 0 atom stereocenters. The van der Waals surface area contributed by atoms with Gasteiger partial charge in [-0.3, -0.25) is 4.90 Å². The molecule has 0 saturated carbocycles. The highest BCUT2D eigenvalue weighted by Gasteiger charge is 2.39. The van der Waals surface area contributed by atoms with Crippen LogP contribution in [0.25, 0.3) is 0 Å². The first kappa shape index (κ1) is 14.1. The molecular formula is C18H12N2O2S2. The molecule has 2 aliphatic rings. The van der Waals surface area contributed by atoms with Gasteiger partial charge in [0, 0.05) is 11.1 Å². The van der Waals surface area contributed by atoms with E-state index >= 15 is 0 Å². The Labute approximate surface area is 144 Å². The first-order valence-corrected chi connectivity index (χ1v) is 9.79. The molecule has 3 aromatic rings. The Morgan fingerprint density at radius 3 is 2.71 bits per heavy atom. The summed E-state index contributed by atoms with van der Waals surface area (Å²) in [5, 5.41) is 0. The number of nitrogens with zero attached hydrogens (tertiary/aromatic N) is 2. The molecule has 2 aliphatic heterocycles. The van der Waals surface area contributed by atoms with Crippen LogP contribution in [0.1, 0.15) is 5.56 Å². The van der Waals surface area contributed by atoms with Gasteiger partial charge in [-0.25, -0.2) is 13.4 Å². The lowest BCUT2D eigenvalue weighted by Crippen LogP contribution is -2.25. The Bertz CT molecular complexity index is 1120. The number of para-hydroxylation sites is 1. The van der Waals surface area contributed by atoms with Crippen LogP contribution in [0.5, 0.6) is 0 Å². The molecule has 0 radical (unpaired) electrons. The second-order valence-electron chi connectivity index (χ2n) is 5.84. The molecule has 0 aliphatic carbocycles. The first-order valence-electron chi connectivity index (χ1n) is 7.49. The molecule has 3 heterocycles. The monoisotopic (exact) mass is 352 g/mol. The van der Waals surface area contributed by atoms with Crippen molar-refractivity contribution >= 4 is 38.8 Å². The Hall–Kier alpha value is -2.31. The van der Waals surface area contributed by atoms with Gasteiger partial charge in [-0.2, -0.15) is 0 Å². The number of hydrogen-bond donors (Lipinski definition) is 0. The van der Waals surface area contributed by atoms with Crippen LogP contribution in [-0.4, -0.2) is 13.4 Å². The maximum Gasteiger partial charge on any atom is 0.210 e. The van der Waals surface area contributed by atoms with Crippen LogP contribution in [-0.2, 0) is 9.84 Å². The first-order chi connectivity index (χ1) is 11.6. The Morgan fingerprint density at radius 1 is 1.00 bits per heavy atom. The van der Waals surface area contributed by atoms with Gasteiger partial charge in [-0.1, -0.05) is 23.9 Å². The molecule has 0 N–H and O–H groups in total. The van der Waals surface area contributed by atoms with Gasteiger partial charge < -0.3 is 0 Å². The average Bonchev–Trinajstić information content (AvgIpc) is 2.58. The SMILES string of the molecule is Cc1ccc2c(c1)N1c3ncccc3Sc3cccc(c31)S2(=O)=O. The highest BCUT2D eigenvalue weighted by Crippen LogP contribution is 2.57. The van der Waals surface area contributed by atoms with Crippen LogP contribution in [0.15, 0.2) is 74.3 Å². The van der Waals surface area contributed by atoms with Crippen LogP contribution in [0, 0.1) is 6.92 Å². The van der Waals surface area contributed by atoms with E-state index < -0.39 is 9.84 Å². The van der Waals surface area contributed by atoms with Crippen LogP contribution in [0.4, 0.5) is 17.2 Å². The van der Waals surface area contributed by atoms with Gasteiger partial charge in [0.05, 0.1) is 26.1 Å². The fourth-order valence-electron chi connectivity index (χ4n) is 3.26. The summed E-state index contributed by atoms with van der Waals surface area (Å²) in [6.07, 6.45) is 1.74. The number of anilines is 3. The van der Waals surface area contributed by atoms with E-state index in [1.807, 2.05) is 42.2 Å². The second kappa shape index (κ2) is 4.62. The zero-order chi connectivity index (χ0) is 16.5. The number of hydrogen-bond acceptors (Lipinski definition) is 5. The lowest BCUT2D eigenvalue weighted by molar-refractivity contribution is 0.594. The Kier molecular flexibility index (Phi) is 2.71. The maximum atomic E-state index is 13.1. The fraction of sp³-hybridized carbons (Fsp3) is 0.0556. The predicted molar refractivity (Wildman–Crippen MR) is 93.2 cm³/mol. The molecule has 0 unspecified atom stereocenters. The third-order valence-electron chi connectivity index (χ3n) is 4.30. The summed E-state index contributed by atoms with van der Waals surface area (Å²) in [6.45, 7) is 1.96. The summed E-state index contributed by atoms with van der Waals surface area (Å²) >= 11 is 1.56. The summed E-state index contributed by atoms with van der Waals surface area (Å²) in [7, 11) is -3.54. The van der Waals surface area contributed by atoms with Gasteiger partial charge in [0.25, 0.3) is 0 Å². The number of pyridine rings is 1. The van der Waals surface area contributed by atoms with E-state index in [2.05, 4.69) is 4.98 Å². The zero-order valence-electron chi connectivity index (χ0n) is 12.7. The number of benzene rings is 2. The van der Waals surface area contributed by atoms with Gasteiger partial charge in [0.2, 0.25) is 9.84 Å². The molecule has 5 rings (SSSR count). The van der Waals surface area contributed by atoms with E-state index in [1.54, 1.807) is 36.2 Å². The summed E-state index contributed by atoms with van der Waals surface area (Å²) < 4.78 is 26.2. The smallest absolute Gasteiger partial charge is 0.210 e. The lowest BCUT2D eigenvalue weighted by Gasteiger charge is -2.37. The second-order valence-corrected chi connectivity index (χ2v) is 8.81. The molecule has 118 valence electrons. The van der Waals surface area contributed by atoms with Crippen LogP contribution in [0.2, 0.25) is 0 Å². The van der Waals surface area contributed by atoms with Gasteiger partial charge >= 0.3 is 0 Å². The third-order valence-corrected chi connectivity index (χ3v) is 7.22. The van der Waals surface area contributed by atoms with E-state index in [0.29, 0.717) is 21.2 Å². The third kappa shape index (κ3) is 1.70. The largest absolute Gasteiger partial charge is 0.290 e. The minimum Gasteiger partial charge on any atom is -0.290 e. The van der Waals surface area contributed by atoms with E-state index in [4.69, 9.17) is 0 Å². The number of rotatable bonds is 0. The summed E-state index contributed by atoms with van der Waals surface area (Å²) in [5.41, 5.74) is 2.41. The molecule has 2 aromatic carbocycles. The molecule has 24 heavy (non-hydrogen) atoms. The van der Waals surface area contributed by atoms with E-state index in [-0.39, 0.29) is 0 Å². The minimum atomic E-state index is -3.54. The molecule has 4 nitrogen and oxygen atoms in total. The summed E-state index contributed by atoms with van der Waals surface area (Å²) in [6, 6.07) is 14.8. The van der Waals surface area contributed by atoms with Gasteiger partial charge in [-0.15, -0.1) is 0 Å². The molecule has 0 saturated heterocycles. The minimum absolute atomic E-state index is 0.334. The van der Waals surface area contributed by atoms with Crippen molar-refractivity contribution in [3.8, 4) is 0 Å². The summed E-state index contributed by atoms with van der Waals surface area (Å²) in [4.78, 5) is 9.16. The molecular weight excluding hydrogens is 340 g/mol. The quantitative estimate of drug-likeness (QED) is 0.411. The number of aromatic nitrogens is 1. The van der Waals surface area contributed by atoms with Crippen molar-refractivity contribution in [2.24, 2.45) is 0 Å². The van der Waals surface area contributed by atoms with Crippen molar-refractivity contribution in [1.82, 2.24) is 4.98 Å². The molecule has 0 amide bonds. The Morgan fingerprint density at radius 2 is 1.83 bits per heavy atom. The number of fused-ring (bicyclic) bond motifs is 4. The van der Waals surface area contributed by atoms with Crippen molar-refractivity contribution in [3.63, 3.8) is 0 Å². The molecule has 0 fully saturated rings. The van der Waals surface area contributed by atoms with Gasteiger partial charge in [-0.05, 0) is 48.9 Å². The molecule has 6 heteroatoms. The zero-order valence-corrected chi connectivity index (χ0v) is 14.4. The summed E-state index contributed by atoms with van der Waals surface area (Å²) in [5.74, 6) is 0.782. The van der Waals surface area contributed by atoms with Crippen molar-refractivity contribution < 1.29 is 8.42 Å². The average molecular weight is 352 g/mol. The lowest BCUT2D eigenvalue weighted by atomic mass is 10.1. The van der Waals surface area contributed by atoms with Crippen molar-refractivity contribution in [3.05, 3.63) is 60.3 Å². The van der Waals surface area contributed by atoms with E-state index in [9.17, 15) is 8.42 Å².